The van der Waals surface area contributed by atoms with Gasteiger partial charge in [-0.2, -0.15) is 0 Å². The van der Waals surface area contributed by atoms with E-state index >= 15 is 0 Å². The minimum Gasteiger partial charge on any atom is -0.376 e. The van der Waals surface area contributed by atoms with E-state index in [0.717, 1.165) is 0 Å². The first-order valence-corrected chi connectivity index (χ1v) is 4.97. The molecule has 1 aromatic rings. The first kappa shape index (κ1) is 12.5. The van der Waals surface area contributed by atoms with Crippen molar-refractivity contribution >= 4 is 17.3 Å². The second-order valence-corrected chi connectivity index (χ2v) is 3.46. The fourth-order valence-corrected chi connectivity index (χ4v) is 1.30. The minimum atomic E-state index is -0.521. The molecule has 0 saturated carbocycles. The van der Waals surface area contributed by atoms with Gasteiger partial charge in [0.1, 0.15) is 5.02 Å². The summed E-state index contributed by atoms with van der Waals surface area (Å²) in [5.74, 6) is 2.44. The molecule has 0 aromatic heterocycles. The zero-order chi connectivity index (χ0) is 12.0. The van der Waals surface area contributed by atoms with Crippen LogP contribution in [0.25, 0.3) is 0 Å². The summed E-state index contributed by atoms with van der Waals surface area (Å²) in [4.78, 5) is 10.1. The lowest BCUT2D eigenvalue weighted by atomic mass is 10.2. The lowest BCUT2D eigenvalue weighted by molar-refractivity contribution is -0.384. The van der Waals surface area contributed by atoms with Gasteiger partial charge in [-0.05, 0) is 11.6 Å². The van der Waals surface area contributed by atoms with Crippen LogP contribution in [0.5, 0.6) is 0 Å². The van der Waals surface area contributed by atoms with Crippen LogP contribution in [-0.4, -0.2) is 11.5 Å². The van der Waals surface area contributed by atoms with E-state index in [4.69, 9.17) is 22.8 Å². The highest BCUT2D eigenvalue weighted by atomic mass is 35.5. The second kappa shape index (κ2) is 6.11. The van der Waals surface area contributed by atoms with Crippen molar-refractivity contribution in [1.82, 2.24) is 0 Å². The van der Waals surface area contributed by atoms with E-state index < -0.39 is 4.92 Å². The Morgan fingerprint density at radius 1 is 1.56 bits per heavy atom. The maximum absolute atomic E-state index is 10.6. The van der Waals surface area contributed by atoms with Gasteiger partial charge in [-0.25, -0.2) is 0 Å². The zero-order valence-electron chi connectivity index (χ0n) is 8.48. The fraction of sp³-hybridized carbons (Fsp3) is 0.273. The van der Waals surface area contributed by atoms with Crippen molar-refractivity contribution in [3.63, 3.8) is 0 Å². The second-order valence-electron chi connectivity index (χ2n) is 3.05. The van der Waals surface area contributed by atoms with Crippen LogP contribution in [0, 0.1) is 22.5 Å². The highest BCUT2D eigenvalue weighted by Crippen LogP contribution is 2.25. The molecule has 4 nitrogen and oxygen atoms in total. The number of hydrogen-bond donors (Lipinski definition) is 0. The number of nitrogens with zero attached hydrogens (tertiary/aromatic N) is 1. The van der Waals surface area contributed by atoms with Gasteiger partial charge in [-0.3, -0.25) is 10.1 Å². The van der Waals surface area contributed by atoms with Crippen LogP contribution in [-0.2, 0) is 11.3 Å². The van der Waals surface area contributed by atoms with Crippen LogP contribution in [0.1, 0.15) is 12.0 Å². The lowest BCUT2D eigenvalue weighted by Gasteiger charge is -2.03. The van der Waals surface area contributed by atoms with Crippen LogP contribution in [0.4, 0.5) is 5.69 Å². The Morgan fingerprint density at radius 2 is 2.31 bits per heavy atom. The standard InChI is InChI=1S/C11H10ClNO3/c1-2-3-6-16-8-9-4-5-10(12)11(7-9)13(14)15/h1,4-5,7H,3,6,8H2. The van der Waals surface area contributed by atoms with Gasteiger partial charge in [-0.1, -0.05) is 17.7 Å². The summed E-state index contributed by atoms with van der Waals surface area (Å²) in [6, 6.07) is 4.57. The molecule has 84 valence electrons. The maximum Gasteiger partial charge on any atom is 0.288 e. The monoisotopic (exact) mass is 239 g/mol. The maximum atomic E-state index is 10.6. The van der Waals surface area contributed by atoms with Gasteiger partial charge in [0.05, 0.1) is 18.1 Å². The van der Waals surface area contributed by atoms with Gasteiger partial charge < -0.3 is 4.74 Å². The van der Waals surface area contributed by atoms with Gasteiger partial charge >= 0.3 is 0 Å². The highest BCUT2D eigenvalue weighted by molar-refractivity contribution is 6.32. The summed E-state index contributed by atoms with van der Waals surface area (Å²) in [5, 5.41) is 10.7. The van der Waals surface area contributed by atoms with Crippen molar-refractivity contribution in [2.45, 2.75) is 13.0 Å². The molecule has 0 spiro atoms. The molecule has 0 amide bonds. The van der Waals surface area contributed by atoms with Gasteiger partial charge in [0.2, 0.25) is 0 Å². The summed E-state index contributed by atoms with van der Waals surface area (Å²) in [6.45, 7) is 0.729. The van der Waals surface area contributed by atoms with E-state index in [1.807, 2.05) is 0 Å². The smallest absolute Gasteiger partial charge is 0.288 e. The number of halogens is 1. The van der Waals surface area contributed by atoms with Gasteiger partial charge in [0.15, 0.2) is 0 Å². The van der Waals surface area contributed by atoms with Gasteiger partial charge in [0, 0.05) is 12.5 Å². The van der Waals surface area contributed by atoms with Crippen LogP contribution < -0.4 is 0 Å². The number of nitro groups is 1. The molecule has 0 radical (unpaired) electrons. The number of hydrogen-bond acceptors (Lipinski definition) is 3. The molecule has 0 aliphatic rings. The number of ether oxygens (including phenoxy) is 1. The molecule has 0 aliphatic carbocycles. The van der Waals surface area contributed by atoms with E-state index in [1.54, 1.807) is 6.07 Å². The Bertz CT molecular complexity index is 426. The third kappa shape index (κ3) is 3.54. The quantitative estimate of drug-likeness (QED) is 0.344. The van der Waals surface area contributed by atoms with Crippen LogP contribution in [0.2, 0.25) is 5.02 Å². The molecule has 1 rings (SSSR count). The van der Waals surface area contributed by atoms with Crippen molar-refractivity contribution in [3.8, 4) is 12.3 Å². The van der Waals surface area contributed by atoms with Crippen LogP contribution in [0.15, 0.2) is 18.2 Å². The number of terminal acetylenes is 1. The SMILES string of the molecule is C#CCCOCc1ccc(Cl)c([N+](=O)[O-])c1. The fourth-order valence-electron chi connectivity index (χ4n) is 1.11. The minimum absolute atomic E-state index is 0.111. The molecule has 1 aromatic carbocycles. The van der Waals surface area contributed by atoms with Crippen LogP contribution in [0.3, 0.4) is 0 Å². The average Bonchev–Trinajstić information content (AvgIpc) is 2.26. The van der Waals surface area contributed by atoms with Gasteiger partial charge in [-0.15, -0.1) is 12.3 Å². The normalized spacial score (nSPS) is 9.75. The van der Waals surface area contributed by atoms with Crippen molar-refractivity contribution < 1.29 is 9.66 Å². The molecule has 0 fully saturated rings. The number of rotatable bonds is 5. The molecule has 5 heteroatoms. The molecule has 0 bridgehead atoms. The Hall–Kier alpha value is -1.57. The van der Waals surface area contributed by atoms with Crippen LogP contribution >= 0.6 is 11.6 Å². The first-order chi connectivity index (χ1) is 7.65. The third-order valence-corrected chi connectivity index (χ3v) is 2.19. The summed E-state index contributed by atoms with van der Waals surface area (Å²) in [6.07, 6.45) is 5.58. The molecule has 16 heavy (non-hydrogen) atoms. The lowest BCUT2D eigenvalue weighted by Crippen LogP contribution is -1.96. The van der Waals surface area contributed by atoms with Crippen molar-refractivity contribution in [3.05, 3.63) is 38.9 Å². The van der Waals surface area contributed by atoms with E-state index in [0.29, 0.717) is 25.2 Å². The first-order valence-electron chi connectivity index (χ1n) is 4.59. The van der Waals surface area contributed by atoms with E-state index in [9.17, 15) is 10.1 Å². The largest absolute Gasteiger partial charge is 0.376 e. The molecule has 0 atom stereocenters. The molecule has 0 heterocycles. The number of benzene rings is 1. The molecule has 0 saturated heterocycles. The van der Waals surface area contributed by atoms with Crippen molar-refractivity contribution in [2.75, 3.05) is 6.61 Å². The van der Waals surface area contributed by atoms with E-state index in [-0.39, 0.29) is 10.7 Å². The summed E-state index contributed by atoms with van der Waals surface area (Å²) >= 11 is 5.67. The molecule has 0 unspecified atom stereocenters. The van der Waals surface area contributed by atoms with Crippen molar-refractivity contribution in [1.29, 1.82) is 0 Å². The topological polar surface area (TPSA) is 52.4 Å². The predicted octanol–water partition coefficient (Wildman–Crippen LogP) is 2.79. The third-order valence-electron chi connectivity index (χ3n) is 1.87. The van der Waals surface area contributed by atoms with Crippen molar-refractivity contribution in [2.24, 2.45) is 0 Å². The number of nitro benzene ring substituents is 1. The predicted molar refractivity (Wildman–Crippen MR) is 61.2 cm³/mol. The molecular weight excluding hydrogens is 230 g/mol. The zero-order valence-corrected chi connectivity index (χ0v) is 9.24. The van der Waals surface area contributed by atoms with E-state index in [2.05, 4.69) is 5.92 Å². The molecule has 0 aliphatic heterocycles. The summed E-state index contributed by atoms with van der Waals surface area (Å²) in [7, 11) is 0. The Labute approximate surface area is 98.3 Å². The molecular formula is C11H10ClNO3. The van der Waals surface area contributed by atoms with Gasteiger partial charge in [0.25, 0.3) is 5.69 Å². The Morgan fingerprint density at radius 3 is 2.94 bits per heavy atom. The average molecular weight is 240 g/mol. The van der Waals surface area contributed by atoms with E-state index in [1.165, 1.54) is 12.1 Å². The molecule has 0 N–H and O–H groups in total. The Balaban J connectivity index is 2.65. The summed E-state index contributed by atoms with van der Waals surface area (Å²) in [5.41, 5.74) is 0.591. The summed E-state index contributed by atoms with van der Waals surface area (Å²) < 4.78 is 5.23. The Kier molecular flexibility index (Phi) is 4.77. The highest BCUT2D eigenvalue weighted by Gasteiger charge is 2.12.